The molecule has 0 aromatic carbocycles. The zero-order valence-corrected chi connectivity index (χ0v) is 8.31. The molecule has 1 aliphatic rings. The summed E-state index contributed by atoms with van der Waals surface area (Å²) >= 11 is 0. The molecule has 0 bridgehead atoms. The summed E-state index contributed by atoms with van der Waals surface area (Å²) in [6, 6.07) is 0. The maximum absolute atomic E-state index is 13.6. The molecule has 1 unspecified atom stereocenters. The van der Waals surface area contributed by atoms with Crippen molar-refractivity contribution in [3.8, 4) is 0 Å². The number of esters is 1. The van der Waals surface area contributed by atoms with Crippen molar-refractivity contribution < 1.29 is 23.0 Å². The van der Waals surface area contributed by atoms with Gasteiger partial charge in [0.05, 0.1) is 20.3 Å². The minimum atomic E-state index is -3.03. The topological polar surface area (TPSA) is 35.5 Å². The second kappa shape index (κ2) is 3.81. The third-order valence-electron chi connectivity index (χ3n) is 2.79. The van der Waals surface area contributed by atoms with Gasteiger partial charge in [0.15, 0.2) is 5.41 Å². The second-order valence-electron chi connectivity index (χ2n) is 3.43. The molecular weight excluding hydrogens is 194 g/mol. The summed E-state index contributed by atoms with van der Waals surface area (Å²) in [6.07, 6.45) is -0.400. The standard InChI is InChI=1S/C9H14F2O3/c1-3-8(7(12)13-2)6-14-5-4-9(8,10)11/h3-6H2,1-2H3. The largest absolute Gasteiger partial charge is 0.468 e. The van der Waals surface area contributed by atoms with Crippen LogP contribution in [-0.2, 0) is 14.3 Å². The van der Waals surface area contributed by atoms with Crippen LogP contribution in [0.4, 0.5) is 8.78 Å². The Morgan fingerprint density at radius 1 is 1.57 bits per heavy atom. The zero-order valence-electron chi connectivity index (χ0n) is 8.31. The Labute approximate surface area is 81.4 Å². The molecule has 0 N–H and O–H groups in total. The molecule has 1 rings (SSSR count). The average Bonchev–Trinajstić information content (AvgIpc) is 2.16. The van der Waals surface area contributed by atoms with Gasteiger partial charge in [-0.2, -0.15) is 0 Å². The van der Waals surface area contributed by atoms with E-state index in [1.165, 1.54) is 0 Å². The van der Waals surface area contributed by atoms with Crippen molar-refractivity contribution in [2.45, 2.75) is 25.7 Å². The molecule has 0 aromatic heterocycles. The van der Waals surface area contributed by atoms with Gasteiger partial charge in [-0.25, -0.2) is 8.78 Å². The third-order valence-corrected chi connectivity index (χ3v) is 2.79. The molecule has 0 aliphatic carbocycles. The summed E-state index contributed by atoms with van der Waals surface area (Å²) in [5.41, 5.74) is -1.79. The minimum Gasteiger partial charge on any atom is -0.468 e. The van der Waals surface area contributed by atoms with Gasteiger partial charge in [0.2, 0.25) is 0 Å². The molecule has 14 heavy (non-hydrogen) atoms. The van der Waals surface area contributed by atoms with E-state index in [2.05, 4.69) is 4.74 Å². The van der Waals surface area contributed by atoms with Gasteiger partial charge >= 0.3 is 5.97 Å². The van der Waals surface area contributed by atoms with Crippen LogP contribution < -0.4 is 0 Å². The number of hydrogen-bond donors (Lipinski definition) is 0. The molecule has 0 aromatic rings. The van der Waals surface area contributed by atoms with Gasteiger partial charge in [0.25, 0.3) is 5.92 Å². The SMILES string of the molecule is CCC1(C(=O)OC)COCCC1(F)F. The lowest BCUT2D eigenvalue weighted by Gasteiger charge is -2.40. The number of halogens is 2. The molecule has 1 saturated heterocycles. The molecule has 0 radical (unpaired) electrons. The van der Waals surface area contributed by atoms with E-state index in [9.17, 15) is 13.6 Å². The van der Waals surface area contributed by atoms with Gasteiger partial charge in [-0.15, -0.1) is 0 Å². The number of hydrogen-bond acceptors (Lipinski definition) is 3. The van der Waals surface area contributed by atoms with E-state index in [4.69, 9.17) is 4.74 Å². The summed E-state index contributed by atoms with van der Waals surface area (Å²) in [6.45, 7) is 1.27. The molecule has 0 spiro atoms. The lowest BCUT2D eigenvalue weighted by molar-refractivity contribution is -0.218. The number of ether oxygens (including phenoxy) is 2. The number of carbonyl (C=O) groups is 1. The van der Waals surface area contributed by atoms with Crippen LogP contribution in [0.3, 0.4) is 0 Å². The van der Waals surface area contributed by atoms with Crippen molar-refractivity contribution in [3.05, 3.63) is 0 Å². The Kier molecular flexibility index (Phi) is 3.09. The first-order chi connectivity index (χ1) is 6.50. The smallest absolute Gasteiger partial charge is 0.320 e. The highest BCUT2D eigenvalue weighted by molar-refractivity contribution is 5.78. The average molecular weight is 208 g/mol. The summed E-state index contributed by atoms with van der Waals surface area (Å²) in [4.78, 5) is 11.4. The van der Waals surface area contributed by atoms with Gasteiger partial charge in [-0.3, -0.25) is 4.79 Å². The van der Waals surface area contributed by atoms with Crippen LogP contribution in [0.2, 0.25) is 0 Å². The molecule has 5 heteroatoms. The fourth-order valence-corrected chi connectivity index (χ4v) is 1.70. The quantitative estimate of drug-likeness (QED) is 0.647. The van der Waals surface area contributed by atoms with Crippen molar-refractivity contribution in [1.29, 1.82) is 0 Å². The van der Waals surface area contributed by atoms with Crippen LogP contribution in [0.1, 0.15) is 19.8 Å². The highest BCUT2D eigenvalue weighted by Gasteiger charge is 2.60. The summed E-state index contributed by atoms with van der Waals surface area (Å²) in [7, 11) is 1.12. The molecule has 0 amide bonds. The lowest BCUT2D eigenvalue weighted by Crippen LogP contribution is -2.54. The minimum absolute atomic E-state index is 0.00819. The normalized spacial score (nSPS) is 31.1. The number of methoxy groups -OCH3 is 1. The van der Waals surface area contributed by atoms with Crippen LogP contribution in [0, 0.1) is 5.41 Å². The predicted octanol–water partition coefficient (Wildman–Crippen LogP) is 1.61. The molecular formula is C9H14F2O3. The summed E-state index contributed by atoms with van der Waals surface area (Å²) in [5.74, 6) is -3.92. The first kappa shape index (κ1) is 11.4. The zero-order chi connectivity index (χ0) is 10.8. The Morgan fingerprint density at radius 3 is 2.64 bits per heavy atom. The van der Waals surface area contributed by atoms with Crippen molar-refractivity contribution in [3.63, 3.8) is 0 Å². The number of carbonyl (C=O) groups excluding carboxylic acids is 1. The molecule has 1 atom stereocenters. The number of rotatable bonds is 2. The maximum Gasteiger partial charge on any atom is 0.320 e. The van der Waals surface area contributed by atoms with E-state index in [-0.39, 0.29) is 19.6 Å². The van der Waals surface area contributed by atoms with Crippen LogP contribution in [0.15, 0.2) is 0 Å². The Bertz CT molecular complexity index is 230. The van der Waals surface area contributed by atoms with Crippen LogP contribution in [0.25, 0.3) is 0 Å². The van der Waals surface area contributed by atoms with Crippen molar-refractivity contribution >= 4 is 5.97 Å². The van der Waals surface area contributed by atoms with Gasteiger partial charge in [-0.05, 0) is 6.42 Å². The van der Waals surface area contributed by atoms with Crippen molar-refractivity contribution in [1.82, 2.24) is 0 Å². The third kappa shape index (κ3) is 1.49. The Hall–Kier alpha value is -0.710. The summed E-state index contributed by atoms with van der Waals surface area (Å²) < 4.78 is 36.5. The van der Waals surface area contributed by atoms with Crippen LogP contribution in [-0.4, -0.2) is 32.2 Å². The van der Waals surface area contributed by atoms with E-state index in [0.29, 0.717) is 0 Å². The second-order valence-corrected chi connectivity index (χ2v) is 3.43. The highest BCUT2D eigenvalue weighted by atomic mass is 19.3. The highest BCUT2D eigenvalue weighted by Crippen LogP contribution is 2.46. The van der Waals surface area contributed by atoms with E-state index >= 15 is 0 Å². The van der Waals surface area contributed by atoms with Crippen LogP contribution in [0.5, 0.6) is 0 Å². The van der Waals surface area contributed by atoms with E-state index in [1.54, 1.807) is 6.92 Å². The van der Waals surface area contributed by atoms with Crippen LogP contribution >= 0.6 is 0 Å². The van der Waals surface area contributed by atoms with E-state index < -0.39 is 23.7 Å². The van der Waals surface area contributed by atoms with Gasteiger partial charge in [0, 0.05) is 6.42 Å². The molecule has 3 nitrogen and oxygen atoms in total. The maximum atomic E-state index is 13.6. The first-order valence-corrected chi connectivity index (χ1v) is 4.54. The molecule has 1 fully saturated rings. The molecule has 1 heterocycles. The van der Waals surface area contributed by atoms with Gasteiger partial charge in [-0.1, -0.05) is 6.92 Å². The van der Waals surface area contributed by atoms with E-state index in [0.717, 1.165) is 7.11 Å². The predicted molar refractivity (Wildman–Crippen MR) is 45.1 cm³/mol. The van der Waals surface area contributed by atoms with Gasteiger partial charge < -0.3 is 9.47 Å². The lowest BCUT2D eigenvalue weighted by atomic mass is 9.76. The van der Waals surface area contributed by atoms with Gasteiger partial charge in [0.1, 0.15) is 0 Å². The monoisotopic (exact) mass is 208 g/mol. The Balaban J connectivity index is 3.00. The fraction of sp³-hybridized carbons (Fsp3) is 0.889. The molecule has 0 saturated carbocycles. The van der Waals surface area contributed by atoms with Crippen molar-refractivity contribution in [2.24, 2.45) is 5.41 Å². The number of alkyl halides is 2. The van der Waals surface area contributed by atoms with E-state index in [1.807, 2.05) is 0 Å². The molecule has 1 aliphatic heterocycles. The molecule has 82 valence electrons. The summed E-state index contributed by atoms with van der Waals surface area (Å²) in [5, 5.41) is 0. The van der Waals surface area contributed by atoms with Crippen molar-refractivity contribution in [2.75, 3.05) is 20.3 Å². The first-order valence-electron chi connectivity index (χ1n) is 4.54. The Morgan fingerprint density at radius 2 is 2.21 bits per heavy atom. The fourth-order valence-electron chi connectivity index (χ4n) is 1.70.